The van der Waals surface area contributed by atoms with Gasteiger partial charge in [0.25, 0.3) is 0 Å². The average Bonchev–Trinajstić information content (AvgIpc) is 3.40. The van der Waals surface area contributed by atoms with Gasteiger partial charge in [0.15, 0.2) is 0 Å². The molecule has 49 heavy (non-hydrogen) atoms. The fourth-order valence-corrected chi connectivity index (χ4v) is 5.73. The number of aromatic nitrogens is 3. The summed E-state index contributed by atoms with van der Waals surface area (Å²) in [6, 6.07) is 3.37. The fourth-order valence-electron chi connectivity index (χ4n) is 5.73. The molecule has 1 aliphatic heterocycles. The highest BCUT2D eigenvalue weighted by Crippen LogP contribution is 2.30. The van der Waals surface area contributed by atoms with Crippen molar-refractivity contribution in [1.29, 1.82) is 0 Å². The monoisotopic (exact) mass is 679 g/mol. The highest BCUT2D eigenvalue weighted by atomic mass is 19.4. The number of rotatable bonds is 12. The lowest BCUT2D eigenvalue weighted by Crippen LogP contribution is -2.49. The van der Waals surface area contributed by atoms with Gasteiger partial charge in [-0.05, 0) is 44.6 Å². The van der Waals surface area contributed by atoms with Gasteiger partial charge in [-0.25, -0.2) is 5.01 Å². The lowest BCUT2D eigenvalue weighted by molar-refractivity contribution is -0.119. The van der Waals surface area contributed by atoms with Gasteiger partial charge in [0.1, 0.15) is 0 Å². The van der Waals surface area contributed by atoms with E-state index in [1.54, 1.807) is 34.4 Å². The van der Waals surface area contributed by atoms with Crippen molar-refractivity contribution >= 4 is 17.3 Å². The molecule has 0 aromatic carbocycles. The van der Waals surface area contributed by atoms with Crippen LogP contribution in [0.15, 0.2) is 95.7 Å². The van der Waals surface area contributed by atoms with Crippen molar-refractivity contribution in [3.05, 3.63) is 107 Å². The zero-order valence-electron chi connectivity index (χ0n) is 28.7. The first kappa shape index (κ1) is 37.4. The molecule has 264 valence electrons. The molecule has 10 nitrogen and oxygen atoms in total. The van der Waals surface area contributed by atoms with E-state index in [1.165, 1.54) is 6.08 Å². The van der Waals surface area contributed by atoms with Crippen LogP contribution in [-0.2, 0) is 11.8 Å². The second-order valence-corrected chi connectivity index (χ2v) is 12.4. The van der Waals surface area contributed by atoms with Gasteiger partial charge in [-0.3, -0.25) is 25.2 Å². The van der Waals surface area contributed by atoms with E-state index in [1.807, 2.05) is 69.2 Å². The first-order valence-corrected chi connectivity index (χ1v) is 16.5. The van der Waals surface area contributed by atoms with Crippen LogP contribution in [0.1, 0.15) is 44.4 Å². The largest absolute Gasteiger partial charge is 0.416 e. The molecule has 1 aliphatic carbocycles. The van der Waals surface area contributed by atoms with Crippen LogP contribution in [0.25, 0.3) is 5.70 Å². The maximum Gasteiger partial charge on any atom is 0.416 e. The van der Waals surface area contributed by atoms with Crippen LogP contribution in [0.2, 0.25) is 0 Å². The molecular weight excluding hydrogens is 631 g/mol. The molecule has 0 bridgehead atoms. The van der Waals surface area contributed by atoms with E-state index in [9.17, 15) is 18.0 Å². The van der Waals surface area contributed by atoms with Crippen molar-refractivity contribution in [2.24, 2.45) is 18.6 Å². The normalized spacial score (nSPS) is 20.8. The number of hydrogen-bond donors (Lipinski definition) is 3. The first-order chi connectivity index (χ1) is 23.3. The summed E-state index contributed by atoms with van der Waals surface area (Å²) in [5.41, 5.74) is 11.0. The van der Waals surface area contributed by atoms with E-state index in [2.05, 4.69) is 20.3 Å². The highest BCUT2D eigenvalue weighted by molar-refractivity contribution is 5.80. The van der Waals surface area contributed by atoms with E-state index in [0.29, 0.717) is 51.4 Å². The summed E-state index contributed by atoms with van der Waals surface area (Å²) in [7, 11) is 1.86. The number of piperazine rings is 1. The second kappa shape index (κ2) is 17.3. The van der Waals surface area contributed by atoms with Gasteiger partial charge in [0, 0.05) is 106 Å². The van der Waals surface area contributed by atoms with Crippen molar-refractivity contribution in [3.8, 4) is 0 Å². The molecule has 0 spiro atoms. The van der Waals surface area contributed by atoms with Gasteiger partial charge in [0.05, 0.1) is 11.8 Å². The number of carbonyl (C=O) groups excluding carboxylic acids is 1. The van der Waals surface area contributed by atoms with Crippen LogP contribution < -0.4 is 21.8 Å². The van der Waals surface area contributed by atoms with E-state index in [-0.39, 0.29) is 24.4 Å². The first-order valence-electron chi connectivity index (χ1n) is 16.5. The van der Waals surface area contributed by atoms with Crippen molar-refractivity contribution in [1.82, 2.24) is 30.0 Å². The number of allylic oxidation sites excluding steroid dienone is 5. The van der Waals surface area contributed by atoms with Crippen molar-refractivity contribution < 1.29 is 18.0 Å². The number of hydrogen-bond acceptors (Lipinski definition) is 8. The molecule has 0 radical (unpaired) electrons. The predicted octanol–water partition coefficient (Wildman–Crippen LogP) is 4.91. The molecule has 5 N–H and O–H groups in total. The van der Waals surface area contributed by atoms with Crippen LogP contribution in [0.5, 0.6) is 0 Å². The Morgan fingerprint density at radius 2 is 1.88 bits per heavy atom. The molecule has 1 atom stereocenters. The number of pyridine rings is 1. The summed E-state index contributed by atoms with van der Waals surface area (Å²) in [4.78, 5) is 21.3. The number of nitrogens with one attached hydrogen (secondary N) is 1. The Labute approximate surface area is 287 Å². The van der Waals surface area contributed by atoms with Gasteiger partial charge in [-0.1, -0.05) is 48.5 Å². The molecule has 2 aliphatic rings. The van der Waals surface area contributed by atoms with Crippen LogP contribution in [-0.4, -0.2) is 82.1 Å². The Bertz CT molecular complexity index is 1610. The van der Waals surface area contributed by atoms with Crippen molar-refractivity contribution in [2.45, 2.75) is 52.3 Å². The summed E-state index contributed by atoms with van der Waals surface area (Å²) >= 11 is 0. The third kappa shape index (κ3) is 11.0. The molecular formula is C36H48F3N9O. The number of anilines is 1. The number of aryl methyl sites for hydroxylation is 1. The van der Waals surface area contributed by atoms with E-state index < -0.39 is 17.8 Å². The maximum atomic E-state index is 14.2. The van der Waals surface area contributed by atoms with E-state index in [0.717, 1.165) is 34.2 Å². The minimum absolute atomic E-state index is 0.0624. The molecule has 2 aromatic rings. The minimum Gasteiger partial charge on any atom is -0.398 e. The Hall–Kier alpha value is -4.46. The molecule has 1 saturated heterocycles. The smallest absolute Gasteiger partial charge is 0.398 e. The quantitative estimate of drug-likeness (QED) is 0.125. The van der Waals surface area contributed by atoms with Gasteiger partial charge >= 0.3 is 6.18 Å². The third-order valence-corrected chi connectivity index (χ3v) is 8.73. The maximum absolute atomic E-state index is 14.2. The number of nitrogens with two attached hydrogens (primary N) is 2. The van der Waals surface area contributed by atoms with Crippen LogP contribution in [0.3, 0.4) is 0 Å². The molecule has 4 rings (SSSR count). The van der Waals surface area contributed by atoms with Gasteiger partial charge in [-0.15, -0.1) is 0 Å². The lowest BCUT2D eigenvalue weighted by Gasteiger charge is -2.39. The Morgan fingerprint density at radius 3 is 2.51 bits per heavy atom. The summed E-state index contributed by atoms with van der Waals surface area (Å²) in [6.45, 7) is 9.36. The van der Waals surface area contributed by atoms with Crippen LogP contribution >= 0.6 is 0 Å². The zero-order valence-corrected chi connectivity index (χ0v) is 28.7. The summed E-state index contributed by atoms with van der Waals surface area (Å²) < 4.78 is 44.3. The zero-order chi connectivity index (χ0) is 35.6. The van der Waals surface area contributed by atoms with Gasteiger partial charge < -0.3 is 16.0 Å². The van der Waals surface area contributed by atoms with Crippen molar-refractivity contribution in [3.63, 3.8) is 0 Å². The highest BCUT2D eigenvalue weighted by Gasteiger charge is 2.34. The second-order valence-electron chi connectivity index (χ2n) is 12.4. The van der Waals surface area contributed by atoms with Crippen LogP contribution in [0, 0.1) is 6.92 Å². The van der Waals surface area contributed by atoms with E-state index >= 15 is 0 Å². The van der Waals surface area contributed by atoms with Crippen molar-refractivity contribution in [2.75, 3.05) is 44.2 Å². The number of carbonyl (C=O) groups is 1. The summed E-state index contributed by atoms with van der Waals surface area (Å²) in [5, 5.41) is 8.57. The number of halogens is 3. The minimum atomic E-state index is -4.56. The fraction of sp³-hybridized carbons (Fsp3) is 0.417. The SMILES string of the molecule is CC/C(=C\C=C(\C)CN(N)C/C=C(\N)c1cnn(C)c1C)CC(=O)N/C1=C/C(C(F)(F)F)=C\C(N2CCN(c3ccncc3)CC2)C=CC1. The van der Waals surface area contributed by atoms with Crippen LogP contribution in [0.4, 0.5) is 18.9 Å². The molecule has 1 unspecified atom stereocenters. The number of amides is 1. The summed E-state index contributed by atoms with van der Waals surface area (Å²) in [5.74, 6) is 5.83. The molecule has 2 aromatic heterocycles. The average molecular weight is 680 g/mol. The van der Waals surface area contributed by atoms with Gasteiger partial charge in [-0.2, -0.15) is 18.3 Å². The Balaban J connectivity index is 1.34. The molecule has 0 saturated carbocycles. The lowest BCUT2D eigenvalue weighted by atomic mass is 10.0. The predicted molar refractivity (Wildman–Crippen MR) is 189 cm³/mol. The standard InChI is InChI=1S/C36H48F3N9O/c1-5-28(10-9-26(2)25-48(41)16-13-34(40)33-24-43-45(4)27(33)3)21-35(49)44-30-7-6-8-32(23-29(22-30)36(37,38)39)47-19-17-46(18-20-47)31-11-14-42-15-12-31/h6,8-15,22-24,32H,5,7,16-21,25,40-41H2,1-4H3,(H,44,49)/b8-6?,26-9-,28-10+,29-23+,30-22+,34-13-. The third-order valence-electron chi connectivity index (χ3n) is 8.73. The summed E-state index contributed by atoms with van der Waals surface area (Å²) in [6.07, 6.45) is 13.0. The Kier molecular flexibility index (Phi) is 13.2. The molecule has 1 fully saturated rings. The number of hydrazine groups is 1. The topological polar surface area (TPSA) is 122 Å². The molecule has 1 amide bonds. The Morgan fingerprint density at radius 1 is 1.16 bits per heavy atom. The van der Waals surface area contributed by atoms with Gasteiger partial charge in [0.2, 0.25) is 5.91 Å². The molecule has 13 heteroatoms. The number of nitrogens with zero attached hydrogens (tertiary/aromatic N) is 6. The van der Waals surface area contributed by atoms with E-state index in [4.69, 9.17) is 11.6 Å². The molecule has 3 heterocycles. The number of alkyl halides is 3.